The van der Waals surface area contributed by atoms with Crippen LogP contribution in [0.3, 0.4) is 0 Å². The zero-order chi connectivity index (χ0) is 11.5. The number of carbonyl (C=O) groups is 1. The summed E-state index contributed by atoms with van der Waals surface area (Å²) in [6.07, 6.45) is 3.02. The molecule has 0 saturated carbocycles. The van der Waals surface area contributed by atoms with Gasteiger partial charge in [-0.05, 0) is 18.8 Å². The summed E-state index contributed by atoms with van der Waals surface area (Å²) >= 11 is 0. The SMILES string of the molecule is CCC(CCO)CNC(=O)CCCOC. The molecule has 90 valence electrons. The van der Waals surface area contributed by atoms with Gasteiger partial charge in [-0.15, -0.1) is 0 Å². The fraction of sp³-hybridized carbons (Fsp3) is 0.909. The van der Waals surface area contributed by atoms with Crippen molar-refractivity contribution in [1.29, 1.82) is 0 Å². The predicted molar refractivity (Wildman–Crippen MR) is 59.6 cm³/mol. The number of rotatable bonds is 9. The van der Waals surface area contributed by atoms with E-state index in [1.54, 1.807) is 7.11 Å². The van der Waals surface area contributed by atoms with Gasteiger partial charge in [0.2, 0.25) is 5.91 Å². The van der Waals surface area contributed by atoms with Crippen molar-refractivity contribution >= 4 is 5.91 Å². The van der Waals surface area contributed by atoms with Crippen LogP contribution < -0.4 is 5.32 Å². The number of aliphatic hydroxyl groups is 1. The molecular weight excluding hydrogens is 194 g/mol. The number of aliphatic hydroxyl groups excluding tert-OH is 1. The van der Waals surface area contributed by atoms with Crippen LogP contribution in [0.25, 0.3) is 0 Å². The Hall–Kier alpha value is -0.610. The van der Waals surface area contributed by atoms with E-state index in [-0.39, 0.29) is 12.5 Å². The number of amides is 1. The van der Waals surface area contributed by atoms with Crippen LogP contribution in [0.4, 0.5) is 0 Å². The van der Waals surface area contributed by atoms with Gasteiger partial charge < -0.3 is 15.2 Å². The Kier molecular flexibility index (Phi) is 9.52. The van der Waals surface area contributed by atoms with E-state index in [0.29, 0.717) is 25.5 Å². The molecule has 0 bridgehead atoms. The maximum atomic E-state index is 11.3. The monoisotopic (exact) mass is 217 g/mol. The second-order valence-electron chi connectivity index (χ2n) is 3.69. The number of ether oxygens (including phenoxy) is 1. The van der Waals surface area contributed by atoms with Crippen LogP contribution in [0.15, 0.2) is 0 Å². The van der Waals surface area contributed by atoms with Crippen LogP contribution >= 0.6 is 0 Å². The van der Waals surface area contributed by atoms with E-state index in [1.165, 1.54) is 0 Å². The third-order valence-corrected chi connectivity index (χ3v) is 2.45. The topological polar surface area (TPSA) is 58.6 Å². The second kappa shape index (κ2) is 9.93. The third kappa shape index (κ3) is 8.39. The smallest absolute Gasteiger partial charge is 0.220 e. The van der Waals surface area contributed by atoms with Crippen molar-refractivity contribution in [1.82, 2.24) is 5.32 Å². The van der Waals surface area contributed by atoms with E-state index in [0.717, 1.165) is 19.3 Å². The lowest BCUT2D eigenvalue weighted by Gasteiger charge is -2.14. The number of methoxy groups -OCH3 is 1. The summed E-state index contributed by atoms with van der Waals surface area (Å²) in [6, 6.07) is 0. The van der Waals surface area contributed by atoms with Gasteiger partial charge in [0.25, 0.3) is 0 Å². The molecule has 0 aliphatic heterocycles. The van der Waals surface area contributed by atoms with Crippen LogP contribution in [0.1, 0.15) is 32.6 Å². The van der Waals surface area contributed by atoms with Gasteiger partial charge in [0.15, 0.2) is 0 Å². The summed E-state index contributed by atoms with van der Waals surface area (Å²) < 4.78 is 4.86. The van der Waals surface area contributed by atoms with Gasteiger partial charge in [-0.1, -0.05) is 13.3 Å². The first kappa shape index (κ1) is 14.4. The lowest BCUT2D eigenvalue weighted by molar-refractivity contribution is -0.121. The average Bonchev–Trinajstić information content (AvgIpc) is 2.24. The van der Waals surface area contributed by atoms with Crippen molar-refractivity contribution in [2.75, 3.05) is 26.9 Å². The highest BCUT2D eigenvalue weighted by molar-refractivity contribution is 5.75. The van der Waals surface area contributed by atoms with Crippen LogP contribution in [0.5, 0.6) is 0 Å². The molecule has 0 aromatic carbocycles. The minimum absolute atomic E-state index is 0.0726. The van der Waals surface area contributed by atoms with Gasteiger partial charge >= 0.3 is 0 Å². The molecule has 1 unspecified atom stereocenters. The Morgan fingerprint density at radius 1 is 1.53 bits per heavy atom. The fourth-order valence-corrected chi connectivity index (χ4v) is 1.36. The van der Waals surface area contributed by atoms with E-state index in [4.69, 9.17) is 9.84 Å². The molecule has 15 heavy (non-hydrogen) atoms. The van der Waals surface area contributed by atoms with Crippen molar-refractivity contribution in [2.24, 2.45) is 5.92 Å². The summed E-state index contributed by atoms with van der Waals surface area (Å²) in [5.74, 6) is 0.463. The van der Waals surface area contributed by atoms with Crippen molar-refractivity contribution in [3.63, 3.8) is 0 Å². The summed E-state index contributed by atoms with van der Waals surface area (Å²) in [5.41, 5.74) is 0. The van der Waals surface area contributed by atoms with Gasteiger partial charge in [0.1, 0.15) is 0 Å². The number of hydrogen-bond acceptors (Lipinski definition) is 3. The maximum Gasteiger partial charge on any atom is 0.220 e. The van der Waals surface area contributed by atoms with Gasteiger partial charge in [-0.3, -0.25) is 4.79 Å². The lowest BCUT2D eigenvalue weighted by Crippen LogP contribution is -2.29. The van der Waals surface area contributed by atoms with Crippen LogP contribution in [0, 0.1) is 5.92 Å². The molecule has 0 fully saturated rings. The first-order chi connectivity index (χ1) is 7.24. The van der Waals surface area contributed by atoms with Gasteiger partial charge in [-0.2, -0.15) is 0 Å². The fourth-order valence-electron chi connectivity index (χ4n) is 1.36. The Morgan fingerprint density at radius 2 is 2.27 bits per heavy atom. The highest BCUT2D eigenvalue weighted by atomic mass is 16.5. The zero-order valence-electron chi connectivity index (χ0n) is 9.79. The highest BCUT2D eigenvalue weighted by Crippen LogP contribution is 2.05. The molecule has 0 radical (unpaired) electrons. The van der Waals surface area contributed by atoms with E-state index in [2.05, 4.69) is 12.2 Å². The number of hydrogen-bond donors (Lipinski definition) is 2. The summed E-state index contributed by atoms with van der Waals surface area (Å²) in [6.45, 7) is 3.56. The molecule has 0 aliphatic rings. The minimum atomic E-state index is 0.0726. The zero-order valence-corrected chi connectivity index (χ0v) is 9.79. The largest absolute Gasteiger partial charge is 0.396 e. The molecule has 0 heterocycles. The third-order valence-electron chi connectivity index (χ3n) is 2.45. The Morgan fingerprint density at radius 3 is 2.80 bits per heavy atom. The first-order valence-electron chi connectivity index (χ1n) is 5.61. The molecule has 0 saturated heterocycles. The van der Waals surface area contributed by atoms with Crippen molar-refractivity contribution < 1.29 is 14.6 Å². The van der Waals surface area contributed by atoms with Crippen molar-refractivity contribution in [3.8, 4) is 0 Å². The van der Waals surface area contributed by atoms with E-state index in [9.17, 15) is 4.79 Å². The molecule has 4 nitrogen and oxygen atoms in total. The standard InChI is InChI=1S/C11H23NO3/c1-3-10(6-7-13)9-12-11(14)5-4-8-15-2/h10,13H,3-9H2,1-2H3,(H,12,14). The first-order valence-corrected chi connectivity index (χ1v) is 5.61. The Labute approximate surface area is 92.0 Å². The molecule has 2 N–H and O–H groups in total. The quantitative estimate of drug-likeness (QED) is 0.565. The molecule has 1 amide bonds. The number of carbonyl (C=O) groups excluding carboxylic acids is 1. The Balaban J connectivity index is 3.50. The van der Waals surface area contributed by atoms with E-state index >= 15 is 0 Å². The van der Waals surface area contributed by atoms with Crippen molar-refractivity contribution in [2.45, 2.75) is 32.6 Å². The molecule has 1 atom stereocenters. The lowest BCUT2D eigenvalue weighted by atomic mass is 10.0. The molecule has 0 spiro atoms. The second-order valence-corrected chi connectivity index (χ2v) is 3.69. The van der Waals surface area contributed by atoms with E-state index < -0.39 is 0 Å². The van der Waals surface area contributed by atoms with Crippen LogP contribution in [-0.2, 0) is 9.53 Å². The highest BCUT2D eigenvalue weighted by Gasteiger charge is 2.07. The summed E-state index contributed by atoms with van der Waals surface area (Å²) in [4.78, 5) is 11.3. The number of nitrogens with one attached hydrogen (secondary N) is 1. The predicted octanol–water partition coefficient (Wildman–Crippen LogP) is 0.938. The molecule has 0 aromatic rings. The maximum absolute atomic E-state index is 11.3. The summed E-state index contributed by atoms with van der Waals surface area (Å²) in [5, 5.41) is 11.6. The molecule has 0 aromatic heterocycles. The Bertz CT molecular complexity index is 162. The minimum Gasteiger partial charge on any atom is -0.396 e. The van der Waals surface area contributed by atoms with Crippen molar-refractivity contribution in [3.05, 3.63) is 0 Å². The van der Waals surface area contributed by atoms with Crippen LogP contribution in [-0.4, -0.2) is 37.9 Å². The van der Waals surface area contributed by atoms with E-state index in [1.807, 2.05) is 0 Å². The molecule has 4 heteroatoms. The van der Waals surface area contributed by atoms with Gasteiger partial charge in [-0.25, -0.2) is 0 Å². The van der Waals surface area contributed by atoms with Crippen LogP contribution in [0.2, 0.25) is 0 Å². The molecule has 0 aliphatic carbocycles. The van der Waals surface area contributed by atoms with Gasteiger partial charge in [0.05, 0.1) is 0 Å². The molecular formula is C11H23NO3. The normalized spacial score (nSPS) is 12.5. The molecule has 0 rings (SSSR count). The van der Waals surface area contributed by atoms with Gasteiger partial charge in [0, 0.05) is 33.3 Å². The summed E-state index contributed by atoms with van der Waals surface area (Å²) in [7, 11) is 1.63. The average molecular weight is 217 g/mol.